The molecule has 0 atom stereocenters. The first kappa shape index (κ1) is 18.6. The first-order valence-electron chi connectivity index (χ1n) is 6.54. The maximum Gasteiger partial charge on any atom is 0.353 e. The quantitative estimate of drug-likeness (QED) is 0.354. The first-order chi connectivity index (χ1) is 9.92. The second-order valence-corrected chi connectivity index (χ2v) is 7.47. The molecule has 0 aromatic carbocycles. The van der Waals surface area contributed by atoms with Gasteiger partial charge in [0.2, 0.25) is 5.60 Å². The van der Waals surface area contributed by atoms with Crippen LogP contribution in [0.3, 0.4) is 0 Å². The molecule has 22 heavy (non-hydrogen) atoms. The van der Waals surface area contributed by atoms with E-state index in [4.69, 9.17) is 21.2 Å². The summed E-state index contributed by atoms with van der Waals surface area (Å²) in [6.45, 7) is 10.0. The fourth-order valence-electron chi connectivity index (χ4n) is 1.25. The summed E-state index contributed by atoms with van der Waals surface area (Å²) < 4.78 is 5.24. The molecule has 1 heterocycles. The fraction of sp³-hybridized carbons (Fsp3) is 0.571. The summed E-state index contributed by atoms with van der Waals surface area (Å²) in [6, 6.07) is 0. The topological polar surface area (TPSA) is 77.8 Å². The minimum atomic E-state index is -1.37. The Labute approximate surface area is 138 Å². The van der Waals surface area contributed by atoms with Crippen LogP contribution in [0.4, 0.5) is 0 Å². The molecule has 0 N–H and O–H groups in total. The Morgan fingerprint density at radius 1 is 1.27 bits per heavy atom. The lowest BCUT2D eigenvalue weighted by molar-refractivity contribution is -0.179. The molecule has 0 unspecified atom stereocenters. The molecule has 6 nitrogen and oxygen atoms in total. The third-order valence-corrected chi connectivity index (χ3v) is 3.26. The predicted octanol–water partition coefficient (Wildman–Crippen LogP) is 3.06. The molecule has 0 amide bonds. The van der Waals surface area contributed by atoms with E-state index in [1.165, 1.54) is 25.2 Å². The maximum atomic E-state index is 12.1. The van der Waals surface area contributed by atoms with Gasteiger partial charge < -0.3 is 9.57 Å². The number of aryl methyl sites for hydroxylation is 1. The van der Waals surface area contributed by atoms with E-state index in [1.54, 1.807) is 33.1 Å². The van der Waals surface area contributed by atoms with Crippen LogP contribution >= 0.6 is 22.9 Å². The average molecular weight is 347 g/mol. The largest absolute Gasteiger partial charge is 0.457 e. The van der Waals surface area contributed by atoms with Gasteiger partial charge in [-0.05, 0) is 53.1 Å². The Morgan fingerprint density at radius 2 is 1.86 bits per heavy atom. The second-order valence-electron chi connectivity index (χ2n) is 6.07. The third kappa shape index (κ3) is 5.38. The molecule has 0 bridgehead atoms. The zero-order valence-corrected chi connectivity index (χ0v) is 15.0. The molecular weight excluding hydrogens is 328 g/mol. The Morgan fingerprint density at radius 3 is 2.27 bits per heavy atom. The monoisotopic (exact) mass is 346 g/mol. The van der Waals surface area contributed by atoms with Crippen molar-refractivity contribution in [1.29, 1.82) is 0 Å². The van der Waals surface area contributed by atoms with Gasteiger partial charge in [0.1, 0.15) is 11.3 Å². The van der Waals surface area contributed by atoms with E-state index in [-0.39, 0.29) is 5.71 Å². The molecule has 0 aliphatic carbocycles. The van der Waals surface area contributed by atoms with Gasteiger partial charge in [0, 0.05) is 5.38 Å². The molecular formula is C14H19ClN2O4S. The Kier molecular flexibility index (Phi) is 5.70. The Bertz CT molecular complexity index is 602. The second kappa shape index (κ2) is 6.75. The number of ether oxygens (including phenoxy) is 1. The van der Waals surface area contributed by atoms with Crippen molar-refractivity contribution in [2.45, 2.75) is 52.7 Å². The van der Waals surface area contributed by atoms with E-state index < -0.39 is 22.4 Å². The van der Waals surface area contributed by atoms with Crippen molar-refractivity contribution in [2.75, 3.05) is 0 Å². The summed E-state index contributed by atoms with van der Waals surface area (Å²) >= 11 is 6.85. The lowest BCUT2D eigenvalue weighted by Crippen LogP contribution is -2.40. The standard InChI is InChI=1S/C14H19ClN2O4S/c1-8-16-9(7-22-8)10(11(15)18)17-21-14(5,6)12(19)20-13(2,3)4/h7H,1-6H3/b17-10-. The van der Waals surface area contributed by atoms with Gasteiger partial charge in [-0.25, -0.2) is 9.78 Å². The number of oxime groups is 1. The van der Waals surface area contributed by atoms with Crippen LogP contribution in [0.1, 0.15) is 45.3 Å². The highest BCUT2D eigenvalue weighted by Gasteiger charge is 2.35. The van der Waals surface area contributed by atoms with Gasteiger partial charge in [-0.3, -0.25) is 4.79 Å². The van der Waals surface area contributed by atoms with Gasteiger partial charge in [-0.2, -0.15) is 0 Å². The van der Waals surface area contributed by atoms with Crippen LogP contribution in [0.5, 0.6) is 0 Å². The number of nitrogens with zero attached hydrogens (tertiary/aromatic N) is 2. The van der Waals surface area contributed by atoms with Crippen LogP contribution in [0.2, 0.25) is 0 Å². The highest BCUT2D eigenvalue weighted by molar-refractivity contribution is 7.10. The summed E-state index contributed by atoms with van der Waals surface area (Å²) in [5.41, 5.74) is -1.86. The lowest BCUT2D eigenvalue weighted by atomic mass is 10.1. The van der Waals surface area contributed by atoms with Gasteiger partial charge in [0.05, 0.1) is 5.01 Å². The summed E-state index contributed by atoms with van der Waals surface area (Å²) in [6.07, 6.45) is 0. The van der Waals surface area contributed by atoms with Gasteiger partial charge in [0.15, 0.2) is 5.71 Å². The van der Waals surface area contributed by atoms with Crippen molar-refractivity contribution in [3.8, 4) is 0 Å². The molecule has 1 aromatic heterocycles. The van der Waals surface area contributed by atoms with Gasteiger partial charge in [-0.15, -0.1) is 11.3 Å². The van der Waals surface area contributed by atoms with E-state index in [0.29, 0.717) is 5.69 Å². The van der Waals surface area contributed by atoms with Crippen LogP contribution in [-0.4, -0.2) is 33.1 Å². The van der Waals surface area contributed by atoms with Crippen molar-refractivity contribution in [2.24, 2.45) is 5.16 Å². The van der Waals surface area contributed by atoms with E-state index in [2.05, 4.69) is 10.1 Å². The molecule has 1 aromatic rings. The maximum absolute atomic E-state index is 12.1. The Balaban J connectivity index is 2.94. The first-order valence-corrected chi connectivity index (χ1v) is 7.80. The van der Waals surface area contributed by atoms with Gasteiger partial charge in [0.25, 0.3) is 5.24 Å². The molecule has 0 saturated heterocycles. The highest BCUT2D eigenvalue weighted by Crippen LogP contribution is 2.19. The van der Waals surface area contributed by atoms with E-state index >= 15 is 0 Å². The highest BCUT2D eigenvalue weighted by atomic mass is 35.5. The lowest BCUT2D eigenvalue weighted by Gasteiger charge is -2.26. The average Bonchev–Trinajstić information content (AvgIpc) is 2.73. The summed E-state index contributed by atoms with van der Waals surface area (Å²) in [5, 5.41) is 5.29. The predicted molar refractivity (Wildman–Crippen MR) is 85.3 cm³/mol. The van der Waals surface area contributed by atoms with E-state index in [9.17, 15) is 9.59 Å². The summed E-state index contributed by atoms with van der Waals surface area (Å²) in [7, 11) is 0. The van der Waals surface area contributed by atoms with Gasteiger partial charge in [-0.1, -0.05) is 5.16 Å². The molecule has 0 fully saturated rings. The molecule has 122 valence electrons. The minimum absolute atomic E-state index is 0.150. The van der Waals surface area contributed by atoms with Gasteiger partial charge >= 0.3 is 5.97 Å². The van der Waals surface area contributed by atoms with Crippen LogP contribution in [-0.2, 0) is 19.2 Å². The SMILES string of the molecule is Cc1nc(/C(=N/OC(C)(C)C(=O)OC(C)(C)C)C(=O)Cl)cs1. The minimum Gasteiger partial charge on any atom is -0.457 e. The molecule has 0 aliphatic heterocycles. The van der Waals surface area contributed by atoms with Crippen molar-refractivity contribution >= 4 is 39.9 Å². The van der Waals surface area contributed by atoms with Crippen molar-refractivity contribution < 1.29 is 19.2 Å². The number of hydrogen-bond acceptors (Lipinski definition) is 7. The van der Waals surface area contributed by atoms with E-state index in [0.717, 1.165) is 5.01 Å². The van der Waals surface area contributed by atoms with Crippen molar-refractivity contribution in [3.63, 3.8) is 0 Å². The van der Waals surface area contributed by atoms with Crippen LogP contribution in [0.25, 0.3) is 0 Å². The van der Waals surface area contributed by atoms with Crippen molar-refractivity contribution in [3.05, 3.63) is 16.1 Å². The Hall–Kier alpha value is -1.47. The molecule has 1 rings (SSSR count). The summed E-state index contributed by atoms with van der Waals surface area (Å²) in [5.74, 6) is -0.598. The van der Waals surface area contributed by atoms with Crippen LogP contribution in [0, 0.1) is 6.92 Å². The number of hydrogen-bond donors (Lipinski definition) is 0. The fourth-order valence-corrected chi connectivity index (χ4v) is 1.98. The molecule has 0 aliphatic rings. The zero-order valence-electron chi connectivity index (χ0n) is 13.4. The van der Waals surface area contributed by atoms with Crippen LogP contribution in [0.15, 0.2) is 10.5 Å². The van der Waals surface area contributed by atoms with E-state index in [1.807, 2.05) is 0 Å². The number of thiazole rings is 1. The molecule has 0 saturated carbocycles. The third-order valence-electron chi connectivity index (χ3n) is 2.30. The molecule has 8 heteroatoms. The normalized spacial score (nSPS) is 13.0. The summed E-state index contributed by atoms with van der Waals surface area (Å²) in [4.78, 5) is 32.8. The van der Waals surface area contributed by atoms with Crippen molar-refractivity contribution in [1.82, 2.24) is 4.98 Å². The number of carbonyl (C=O) groups excluding carboxylic acids is 2. The molecule has 0 spiro atoms. The number of rotatable bonds is 5. The van der Waals surface area contributed by atoms with Crippen LogP contribution < -0.4 is 0 Å². The number of halogens is 1. The smallest absolute Gasteiger partial charge is 0.353 e. The number of aromatic nitrogens is 1. The zero-order chi connectivity index (χ0) is 17.1. The molecule has 0 radical (unpaired) electrons. The number of carbonyl (C=O) groups is 2. The number of esters is 1.